The number of halogens is 3. The molecule has 1 fully saturated rings. The molecule has 0 aromatic carbocycles. The molecule has 1 rings (SSSR count). The van der Waals surface area contributed by atoms with Crippen molar-refractivity contribution in [3.05, 3.63) is 12.3 Å². The van der Waals surface area contributed by atoms with Gasteiger partial charge in [-0.3, -0.25) is 4.79 Å². The van der Waals surface area contributed by atoms with Gasteiger partial charge in [0.25, 0.3) is 5.78 Å². The van der Waals surface area contributed by atoms with Crippen molar-refractivity contribution in [1.82, 2.24) is 4.90 Å². The van der Waals surface area contributed by atoms with Gasteiger partial charge in [0.15, 0.2) is 0 Å². The first kappa shape index (κ1) is 13.0. The summed E-state index contributed by atoms with van der Waals surface area (Å²) in [6.45, 7) is 4.65. The van der Waals surface area contributed by atoms with Gasteiger partial charge in [0.2, 0.25) is 0 Å². The molecule has 0 aliphatic carbocycles. The highest BCUT2D eigenvalue weighted by Gasteiger charge is 2.36. The second-order valence-corrected chi connectivity index (χ2v) is 3.89. The van der Waals surface area contributed by atoms with Crippen LogP contribution in [0.25, 0.3) is 0 Å². The van der Waals surface area contributed by atoms with Crippen LogP contribution in [0.2, 0.25) is 0 Å². The minimum atomic E-state index is -4.79. The van der Waals surface area contributed by atoms with Crippen LogP contribution in [0.15, 0.2) is 12.3 Å². The summed E-state index contributed by atoms with van der Waals surface area (Å²) < 4.78 is 41.1. The highest BCUT2D eigenvalue weighted by molar-refractivity contribution is 5.94. The average Bonchev–Trinajstić information content (AvgIpc) is 2.11. The molecule has 0 spiro atoms. The zero-order valence-electron chi connectivity index (χ0n) is 9.12. The van der Waals surface area contributed by atoms with E-state index in [-0.39, 0.29) is 12.2 Å². The lowest BCUT2D eigenvalue weighted by molar-refractivity contribution is -0.165. The van der Waals surface area contributed by atoms with E-state index in [1.54, 1.807) is 4.90 Å². The van der Waals surface area contributed by atoms with E-state index in [0.29, 0.717) is 19.2 Å². The number of ketones is 1. The average molecular weight is 237 g/mol. The Morgan fingerprint density at radius 1 is 1.31 bits per heavy atom. The minimum Gasteiger partial charge on any atom is -0.372 e. The number of hydrogen-bond donors (Lipinski definition) is 0. The molecule has 0 radical (unpaired) electrons. The fourth-order valence-electron chi connectivity index (χ4n) is 1.61. The summed E-state index contributed by atoms with van der Waals surface area (Å²) in [5.41, 5.74) is 0. The predicted octanol–water partition coefficient (Wildman–Crippen LogP) is 1.74. The number of carbonyl (C=O) groups is 1. The molecule has 0 aromatic heterocycles. The Labute approximate surface area is 91.9 Å². The maximum Gasteiger partial charge on any atom is 0.454 e. The third-order valence-corrected chi connectivity index (χ3v) is 2.16. The number of morpholine rings is 1. The van der Waals surface area contributed by atoms with Gasteiger partial charge in [-0.15, -0.1) is 0 Å². The highest BCUT2D eigenvalue weighted by Crippen LogP contribution is 2.17. The molecule has 0 amide bonds. The summed E-state index contributed by atoms with van der Waals surface area (Å²) in [6, 6.07) is 0. The Balaban J connectivity index is 2.54. The van der Waals surface area contributed by atoms with Crippen LogP contribution in [-0.2, 0) is 9.53 Å². The zero-order chi connectivity index (χ0) is 12.3. The summed E-state index contributed by atoms with van der Waals surface area (Å²) >= 11 is 0. The molecule has 0 unspecified atom stereocenters. The first-order valence-electron chi connectivity index (χ1n) is 4.98. The van der Waals surface area contributed by atoms with Crippen molar-refractivity contribution in [1.29, 1.82) is 0 Å². The molecule has 1 saturated heterocycles. The number of rotatable bonds is 2. The first-order valence-corrected chi connectivity index (χ1v) is 4.98. The molecule has 0 bridgehead atoms. The van der Waals surface area contributed by atoms with Gasteiger partial charge in [0.1, 0.15) is 0 Å². The fourth-order valence-corrected chi connectivity index (χ4v) is 1.61. The van der Waals surface area contributed by atoms with Gasteiger partial charge < -0.3 is 9.64 Å². The topological polar surface area (TPSA) is 29.5 Å². The van der Waals surface area contributed by atoms with Crippen LogP contribution in [-0.4, -0.2) is 42.2 Å². The first-order chi connectivity index (χ1) is 7.29. The lowest BCUT2D eigenvalue weighted by Gasteiger charge is -2.34. The summed E-state index contributed by atoms with van der Waals surface area (Å²) in [4.78, 5) is 12.3. The van der Waals surface area contributed by atoms with E-state index < -0.39 is 12.0 Å². The standard InChI is InChI=1S/C10H14F3NO2/c1-7-5-14(6-8(2)16-7)4-3-9(15)10(11,12)13/h3-4,7-8H,5-6H2,1-2H3/b4-3+/t7-,8+. The van der Waals surface area contributed by atoms with E-state index >= 15 is 0 Å². The van der Waals surface area contributed by atoms with E-state index in [9.17, 15) is 18.0 Å². The highest BCUT2D eigenvalue weighted by atomic mass is 19.4. The van der Waals surface area contributed by atoms with Crippen LogP contribution in [0, 0.1) is 0 Å². The molecule has 16 heavy (non-hydrogen) atoms. The van der Waals surface area contributed by atoms with Crippen molar-refractivity contribution < 1.29 is 22.7 Å². The van der Waals surface area contributed by atoms with Crippen LogP contribution in [0.1, 0.15) is 13.8 Å². The number of allylic oxidation sites excluding steroid dienone is 1. The van der Waals surface area contributed by atoms with Crippen molar-refractivity contribution in [3.8, 4) is 0 Å². The number of hydrogen-bond acceptors (Lipinski definition) is 3. The van der Waals surface area contributed by atoms with Gasteiger partial charge >= 0.3 is 6.18 Å². The van der Waals surface area contributed by atoms with E-state index in [4.69, 9.17) is 4.74 Å². The van der Waals surface area contributed by atoms with Crippen molar-refractivity contribution in [2.75, 3.05) is 13.1 Å². The lowest BCUT2D eigenvalue weighted by atomic mass is 10.2. The molecule has 0 N–H and O–H groups in total. The summed E-state index contributed by atoms with van der Waals surface area (Å²) in [5, 5.41) is 0. The van der Waals surface area contributed by atoms with Crippen LogP contribution >= 0.6 is 0 Å². The summed E-state index contributed by atoms with van der Waals surface area (Å²) in [7, 11) is 0. The lowest BCUT2D eigenvalue weighted by Crippen LogP contribution is -2.42. The Kier molecular flexibility index (Phi) is 3.96. The zero-order valence-corrected chi connectivity index (χ0v) is 9.12. The molecular formula is C10H14F3NO2. The molecule has 1 heterocycles. The smallest absolute Gasteiger partial charge is 0.372 e. The van der Waals surface area contributed by atoms with E-state index in [1.165, 1.54) is 6.20 Å². The molecule has 1 aliphatic heterocycles. The molecular weight excluding hydrogens is 223 g/mol. The van der Waals surface area contributed by atoms with Crippen molar-refractivity contribution in [3.63, 3.8) is 0 Å². The van der Waals surface area contributed by atoms with E-state index in [2.05, 4.69) is 0 Å². The van der Waals surface area contributed by atoms with Gasteiger partial charge in [0, 0.05) is 25.4 Å². The van der Waals surface area contributed by atoms with E-state index in [1.807, 2.05) is 13.8 Å². The number of carbonyl (C=O) groups excluding carboxylic acids is 1. The maximum absolute atomic E-state index is 11.9. The largest absolute Gasteiger partial charge is 0.454 e. The monoisotopic (exact) mass is 237 g/mol. The van der Waals surface area contributed by atoms with Gasteiger partial charge in [-0.25, -0.2) is 0 Å². The number of ether oxygens (including phenoxy) is 1. The molecule has 1 aliphatic rings. The second-order valence-electron chi connectivity index (χ2n) is 3.89. The maximum atomic E-state index is 11.9. The Morgan fingerprint density at radius 3 is 2.25 bits per heavy atom. The van der Waals surface area contributed by atoms with Crippen LogP contribution in [0.3, 0.4) is 0 Å². The minimum absolute atomic E-state index is 0.0469. The quantitative estimate of drug-likeness (QED) is 0.685. The van der Waals surface area contributed by atoms with Crippen molar-refractivity contribution in [2.45, 2.75) is 32.2 Å². The molecule has 3 nitrogen and oxygen atoms in total. The van der Waals surface area contributed by atoms with Gasteiger partial charge in [0.05, 0.1) is 12.2 Å². The molecule has 0 saturated carbocycles. The summed E-state index contributed by atoms with van der Waals surface area (Å²) in [5.74, 6) is -1.83. The molecule has 2 atom stereocenters. The van der Waals surface area contributed by atoms with Gasteiger partial charge in [-0.1, -0.05) is 0 Å². The number of nitrogens with zero attached hydrogens (tertiary/aromatic N) is 1. The van der Waals surface area contributed by atoms with Crippen molar-refractivity contribution in [2.24, 2.45) is 0 Å². The third kappa shape index (κ3) is 3.84. The van der Waals surface area contributed by atoms with Crippen molar-refractivity contribution >= 4 is 5.78 Å². The Hall–Kier alpha value is -1.04. The molecule has 6 heteroatoms. The SMILES string of the molecule is C[C@@H]1CN(/C=C/C(=O)C(F)(F)F)C[C@H](C)O1. The van der Waals surface area contributed by atoms with Crippen LogP contribution in [0.4, 0.5) is 13.2 Å². The molecule has 92 valence electrons. The normalized spacial score (nSPS) is 27.4. The Bertz CT molecular complexity index is 278. The van der Waals surface area contributed by atoms with Crippen LogP contribution < -0.4 is 0 Å². The fraction of sp³-hybridized carbons (Fsp3) is 0.700. The molecule has 0 aromatic rings. The van der Waals surface area contributed by atoms with Crippen LogP contribution in [0.5, 0.6) is 0 Å². The number of alkyl halides is 3. The van der Waals surface area contributed by atoms with E-state index in [0.717, 1.165) is 0 Å². The third-order valence-electron chi connectivity index (χ3n) is 2.16. The summed E-state index contributed by atoms with van der Waals surface area (Å²) in [6.07, 6.45) is -3.14. The van der Waals surface area contributed by atoms with Gasteiger partial charge in [-0.05, 0) is 13.8 Å². The predicted molar refractivity (Wildman–Crippen MR) is 51.8 cm³/mol. The van der Waals surface area contributed by atoms with Gasteiger partial charge in [-0.2, -0.15) is 13.2 Å². The Morgan fingerprint density at radius 2 is 1.81 bits per heavy atom. The second kappa shape index (κ2) is 4.86.